The van der Waals surface area contributed by atoms with Crippen LogP contribution in [0.1, 0.15) is 6.23 Å². The minimum absolute atomic E-state index is 0.184. The quantitative estimate of drug-likeness (QED) is 0.194. The standard InChI is InChI=1S/C11H19FN3O14P3/c1-25-4-11(5-26-31(21,22)29-32(23,24)28-30(18,19)20)8(16)7(12)9(27-11)15-3-2-6(13)14-10(15)17/h2-3,7-9,16H,4-5H2,1H3,(H,21,22)(H,23,24)(H2,13,14,17)(H2,18,19,20)/t7-,8+,9+,11+/m0/s1. The number of aliphatic hydroxyl groups excluding tert-OH is 1. The number of aliphatic hydroxyl groups is 1. The molecule has 0 amide bonds. The second-order valence-corrected chi connectivity index (χ2v) is 10.7. The molecule has 2 unspecified atom stereocenters. The van der Waals surface area contributed by atoms with Gasteiger partial charge >= 0.3 is 29.2 Å². The van der Waals surface area contributed by atoms with Gasteiger partial charge in [0.1, 0.15) is 17.5 Å². The number of nitrogens with zero attached hydrogens (tertiary/aromatic N) is 2. The second kappa shape index (κ2) is 9.64. The van der Waals surface area contributed by atoms with Crippen LogP contribution in [0.15, 0.2) is 17.1 Å². The lowest BCUT2D eigenvalue weighted by molar-refractivity contribution is -0.154. The van der Waals surface area contributed by atoms with Gasteiger partial charge < -0.3 is 39.9 Å². The van der Waals surface area contributed by atoms with E-state index in [2.05, 4.69) is 18.1 Å². The highest BCUT2D eigenvalue weighted by molar-refractivity contribution is 7.66. The summed E-state index contributed by atoms with van der Waals surface area (Å²) in [5, 5.41) is 10.3. The smallest absolute Gasteiger partial charge is 0.387 e. The SMILES string of the molecule is COC[C@]1(COP(=O)(O)OP(=O)(O)OP(=O)(O)O)O[C@@H](n2ccc(N)nc2=O)[C@@H](F)[C@H]1O. The third-order valence-corrected chi connectivity index (χ3v) is 7.65. The van der Waals surface area contributed by atoms with Gasteiger partial charge in [-0.05, 0) is 6.07 Å². The number of aromatic nitrogens is 2. The van der Waals surface area contributed by atoms with E-state index in [0.29, 0.717) is 4.57 Å². The van der Waals surface area contributed by atoms with Crippen molar-refractivity contribution < 1.29 is 65.4 Å². The molecule has 6 atom stereocenters. The van der Waals surface area contributed by atoms with Gasteiger partial charge in [-0.25, -0.2) is 22.9 Å². The van der Waals surface area contributed by atoms with Crippen LogP contribution in [0.5, 0.6) is 0 Å². The van der Waals surface area contributed by atoms with Crippen molar-refractivity contribution in [3.63, 3.8) is 0 Å². The Morgan fingerprint density at radius 2 is 1.84 bits per heavy atom. The van der Waals surface area contributed by atoms with Crippen LogP contribution < -0.4 is 11.4 Å². The number of alkyl halides is 1. The summed E-state index contributed by atoms with van der Waals surface area (Å²) >= 11 is 0. The Balaban J connectivity index is 2.24. The summed E-state index contributed by atoms with van der Waals surface area (Å²) in [7, 11) is -16.0. The molecule has 2 rings (SSSR count). The molecule has 184 valence electrons. The minimum Gasteiger partial charge on any atom is -0.387 e. The highest BCUT2D eigenvalue weighted by Gasteiger charge is 2.57. The summed E-state index contributed by atoms with van der Waals surface area (Å²) in [4.78, 5) is 51.2. The van der Waals surface area contributed by atoms with E-state index < -0.39 is 66.5 Å². The molecule has 0 spiro atoms. The van der Waals surface area contributed by atoms with Crippen LogP contribution in [0.25, 0.3) is 0 Å². The zero-order valence-electron chi connectivity index (χ0n) is 15.9. The maximum absolute atomic E-state index is 14.8. The van der Waals surface area contributed by atoms with Gasteiger partial charge in [-0.2, -0.15) is 13.6 Å². The second-order valence-electron chi connectivity index (χ2n) is 6.30. The van der Waals surface area contributed by atoms with Gasteiger partial charge in [0.2, 0.25) is 0 Å². The maximum Gasteiger partial charge on any atom is 0.490 e. The van der Waals surface area contributed by atoms with Gasteiger partial charge in [-0.1, -0.05) is 0 Å². The fourth-order valence-electron chi connectivity index (χ4n) is 2.67. The van der Waals surface area contributed by atoms with Crippen LogP contribution >= 0.6 is 23.5 Å². The average Bonchev–Trinajstić information content (AvgIpc) is 2.83. The van der Waals surface area contributed by atoms with E-state index in [1.165, 1.54) is 0 Å². The van der Waals surface area contributed by atoms with Gasteiger partial charge in [0.15, 0.2) is 12.4 Å². The molecule has 32 heavy (non-hydrogen) atoms. The zero-order chi connectivity index (χ0) is 24.5. The number of nitrogen functional groups attached to an aromatic ring is 1. The molecule has 17 nitrogen and oxygen atoms in total. The first-order valence-corrected chi connectivity index (χ1v) is 12.6. The maximum atomic E-state index is 14.8. The van der Waals surface area contributed by atoms with E-state index >= 15 is 0 Å². The summed E-state index contributed by atoms with van der Waals surface area (Å²) in [6.07, 6.45) is -5.26. The fraction of sp³-hybridized carbons (Fsp3) is 0.636. The molecule has 1 aromatic heterocycles. The highest BCUT2D eigenvalue weighted by atomic mass is 31.3. The van der Waals surface area contributed by atoms with E-state index in [4.69, 9.17) is 29.9 Å². The predicted octanol–water partition coefficient (Wildman–Crippen LogP) is -1.22. The molecule has 1 fully saturated rings. The van der Waals surface area contributed by atoms with Gasteiger partial charge in [0, 0.05) is 13.3 Å². The molecule has 0 radical (unpaired) electrons. The molecule has 1 aliphatic rings. The molecule has 1 saturated heterocycles. The lowest BCUT2D eigenvalue weighted by atomic mass is 9.98. The van der Waals surface area contributed by atoms with Crippen molar-refractivity contribution in [3.8, 4) is 0 Å². The molecule has 0 saturated carbocycles. The summed E-state index contributed by atoms with van der Waals surface area (Å²) in [5.74, 6) is -0.184. The van der Waals surface area contributed by atoms with E-state index in [-0.39, 0.29) is 5.82 Å². The number of methoxy groups -OCH3 is 1. The van der Waals surface area contributed by atoms with Crippen LogP contribution in [-0.4, -0.2) is 72.4 Å². The molecule has 0 aliphatic carbocycles. The highest BCUT2D eigenvalue weighted by Crippen LogP contribution is 2.66. The number of hydrogen-bond donors (Lipinski definition) is 6. The van der Waals surface area contributed by atoms with Crippen molar-refractivity contribution in [2.75, 3.05) is 26.1 Å². The van der Waals surface area contributed by atoms with Gasteiger partial charge in [0.05, 0.1) is 13.2 Å². The van der Waals surface area contributed by atoms with E-state index in [9.17, 15) is 32.9 Å². The van der Waals surface area contributed by atoms with Crippen LogP contribution in [0.2, 0.25) is 0 Å². The van der Waals surface area contributed by atoms with Crippen LogP contribution in [0.3, 0.4) is 0 Å². The molecule has 1 aromatic rings. The Labute approximate surface area is 177 Å². The normalized spacial score (nSPS) is 30.0. The van der Waals surface area contributed by atoms with Crippen molar-refractivity contribution in [1.82, 2.24) is 9.55 Å². The lowest BCUT2D eigenvalue weighted by Crippen LogP contribution is -2.49. The molecule has 21 heteroatoms. The Kier molecular flexibility index (Phi) is 8.18. The number of hydrogen-bond acceptors (Lipinski definition) is 12. The molecule has 2 heterocycles. The van der Waals surface area contributed by atoms with Crippen molar-refractivity contribution >= 4 is 29.3 Å². The molecular formula is C11H19FN3O14P3. The number of phosphoric ester groups is 1. The predicted molar refractivity (Wildman–Crippen MR) is 98.4 cm³/mol. The third kappa shape index (κ3) is 6.71. The number of phosphoric acid groups is 3. The average molecular weight is 529 g/mol. The van der Waals surface area contributed by atoms with Crippen LogP contribution in [0, 0.1) is 0 Å². The Morgan fingerprint density at radius 3 is 2.38 bits per heavy atom. The largest absolute Gasteiger partial charge is 0.490 e. The number of rotatable bonds is 10. The Morgan fingerprint density at radius 1 is 1.22 bits per heavy atom. The minimum atomic E-state index is -5.81. The van der Waals surface area contributed by atoms with Gasteiger partial charge in [-0.3, -0.25) is 9.09 Å². The summed E-state index contributed by atoms with van der Waals surface area (Å²) in [6, 6.07) is 1.13. The van der Waals surface area contributed by atoms with E-state index in [1.54, 1.807) is 0 Å². The van der Waals surface area contributed by atoms with Crippen molar-refractivity contribution in [2.24, 2.45) is 0 Å². The monoisotopic (exact) mass is 529 g/mol. The summed E-state index contributed by atoms with van der Waals surface area (Å²) in [5.41, 5.74) is 2.04. The molecular weight excluding hydrogens is 510 g/mol. The first-order valence-electron chi connectivity index (χ1n) is 8.13. The number of nitrogens with two attached hydrogens (primary N) is 1. The molecule has 1 aliphatic heterocycles. The Hall–Kier alpha value is -1.10. The number of halogens is 1. The first kappa shape index (κ1) is 27.1. The Bertz CT molecular complexity index is 1030. The van der Waals surface area contributed by atoms with E-state index in [1.807, 2.05) is 0 Å². The molecule has 0 bridgehead atoms. The van der Waals surface area contributed by atoms with Crippen molar-refractivity contribution in [2.45, 2.75) is 24.1 Å². The summed E-state index contributed by atoms with van der Waals surface area (Å²) in [6.45, 7) is -1.90. The number of ether oxygens (including phenoxy) is 2. The van der Waals surface area contributed by atoms with Gasteiger partial charge in [-0.15, -0.1) is 0 Å². The fourth-order valence-corrected chi connectivity index (χ4v) is 5.75. The molecule has 7 N–H and O–H groups in total. The van der Waals surface area contributed by atoms with E-state index in [0.717, 1.165) is 19.4 Å². The van der Waals surface area contributed by atoms with Gasteiger partial charge in [0.25, 0.3) is 0 Å². The van der Waals surface area contributed by atoms with Crippen LogP contribution in [0.4, 0.5) is 10.2 Å². The number of anilines is 1. The third-order valence-electron chi connectivity index (χ3n) is 3.87. The van der Waals surface area contributed by atoms with Crippen LogP contribution in [-0.2, 0) is 36.3 Å². The summed E-state index contributed by atoms with van der Waals surface area (Å²) < 4.78 is 71.1. The first-order chi connectivity index (χ1) is 14.5. The lowest BCUT2D eigenvalue weighted by Gasteiger charge is -2.31. The zero-order valence-corrected chi connectivity index (χ0v) is 18.6. The topological polar surface area (TPSA) is 259 Å². The molecule has 0 aromatic carbocycles. The van der Waals surface area contributed by atoms with Crippen molar-refractivity contribution in [3.05, 3.63) is 22.7 Å². The van der Waals surface area contributed by atoms with Crippen molar-refractivity contribution in [1.29, 1.82) is 0 Å².